The van der Waals surface area contributed by atoms with Crippen LogP contribution in [0.2, 0.25) is 0 Å². The molecule has 0 aromatic heterocycles. The van der Waals surface area contributed by atoms with Gasteiger partial charge >= 0.3 is 0 Å². The SMILES string of the molecule is CC(=O)Nc1cccc(NC(=O)CSCCOc2cc(C)cc(C)c2)c1. The van der Waals surface area contributed by atoms with Crippen LogP contribution < -0.4 is 15.4 Å². The standard InChI is InChI=1S/C20H24N2O3S/c1-14-9-15(2)11-19(10-14)25-7-8-26-13-20(24)22-18-6-4-5-17(12-18)21-16(3)23/h4-6,9-12H,7-8,13H2,1-3H3,(H,21,23)(H,22,24). The minimum absolute atomic E-state index is 0.0821. The lowest BCUT2D eigenvalue weighted by molar-refractivity contribution is -0.114. The topological polar surface area (TPSA) is 67.4 Å². The van der Waals surface area contributed by atoms with Crippen LogP contribution in [0.3, 0.4) is 0 Å². The highest BCUT2D eigenvalue weighted by atomic mass is 32.2. The van der Waals surface area contributed by atoms with Crippen molar-refractivity contribution in [1.82, 2.24) is 0 Å². The van der Waals surface area contributed by atoms with E-state index in [1.165, 1.54) is 29.8 Å². The highest BCUT2D eigenvalue weighted by Crippen LogP contribution is 2.17. The zero-order chi connectivity index (χ0) is 18.9. The minimum Gasteiger partial charge on any atom is -0.493 e. The van der Waals surface area contributed by atoms with Crippen LogP contribution in [0, 0.1) is 13.8 Å². The monoisotopic (exact) mass is 372 g/mol. The van der Waals surface area contributed by atoms with Gasteiger partial charge in [-0.1, -0.05) is 12.1 Å². The molecule has 138 valence electrons. The highest BCUT2D eigenvalue weighted by molar-refractivity contribution is 7.99. The Morgan fingerprint density at radius 2 is 1.65 bits per heavy atom. The number of ether oxygens (including phenoxy) is 1. The summed E-state index contributed by atoms with van der Waals surface area (Å²) < 4.78 is 5.73. The molecule has 0 aliphatic rings. The van der Waals surface area contributed by atoms with Gasteiger partial charge < -0.3 is 15.4 Å². The lowest BCUT2D eigenvalue weighted by atomic mass is 10.1. The van der Waals surface area contributed by atoms with Crippen LogP contribution in [0.1, 0.15) is 18.1 Å². The third-order valence-electron chi connectivity index (χ3n) is 3.39. The molecule has 0 bridgehead atoms. The van der Waals surface area contributed by atoms with Crippen LogP contribution in [0.4, 0.5) is 11.4 Å². The number of carbonyl (C=O) groups excluding carboxylic acids is 2. The van der Waals surface area contributed by atoms with Crippen LogP contribution in [-0.2, 0) is 9.59 Å². The summed E-state index contributed by atoms with van der Waals surface area (Å²) in [7, 11) is 0. The van der Waals surface area contributed by atoms with Gasteiger partial charge in [0, 0.05) is 24.1 Å². The average molecular weight is 372 g/mol. The molecule has 0 fully saturated rings. The molecule has 0 saturated carbocycles. The Hall–Kier alpha value is -2.47. The van der Waals surface area contributed by atoms with Crippen molar-refractivity contribution >= 4 is 35.0 Å². The number of nitrogens with one attached hydrogen (secondary N) is 2. The molecular weight excluding hydrogens is 348 g/mol. The van der Waals surface area contributed by atoms with Crippen molar-refractivity contribution < 1.29 is 14.3 Å². The first-order valence-corrected chi connectivity index (χ1v) is 9.54. The lowest BCUT2D eigenvalue weighted by Gasteiger charge is -2.09. The third kappa shape index (κ3) is 7.19. The first-order chi connectivity index (χ1) is 12.4. The average Bonchev–Trinajstić information content (AvgIpc) is 2.53. The first-order valence-electron chi connectivity index (χ1n) is 8.39. The predicted molar refractivity (Wildman–Crippen MR) is 108 cm³/mol. The Bertz CT molecular complexity index is 757. The molecule has 0 aliphatic heterocycles. The summed E-state index contributed by atoms with van der Waals surface area (Å²) in [6.07, 6.45) is 0. The van der Waals surface area contributed by atoms with E-state index < -0.39 is 0 Å². The Morgan fingerprint density at radius 1 is 1.00 bits per heavy atom. The van der Waals surface area contributed by atoms with Crippen LogP contribution in [0.5, 0.6) is 5.75 Å². The molecule has 2 aromatic carbocycles. The second kappa shape index (κ2) is 9.87. The number of rotatable bonds is 8. The Morgan fingerprint density at radius 3 is 2.31 bits per heavy atom. The van der Waals surface area contributed by atoms with Crippen molar-refractivity contribution in [3.8, 4) is 5.75 Å². The first kappa shape index (κ1) is 19.8. The molecule has 0 spiro atoms. The molecule has 2 amide bonds. The summed E-state index contributed by atoms with van der Waals surface area (Å²) in [5, 5.41) is 5.52. The van der Waals surface area contributed by atoms with Crippen LogP contribution >= 0.6 is 11.8 Å². The number of carbonyl (C=O) groups is 2. The third-order valence-corrected chi connectivity index (χ3v) is 4.31. The van der Waals surface area contributed by atoms with E-state index >= 15 is 0 Å². The van der Waals surface area contributed by atoms with E-state index in [0.29, 0.717) is 23.7 Å². The van der Waals surface area contributed by atoms with Crippen molar-refractivity contribution in [1.29, 1.82) is 0 Å². The molecule has 0 saturated heterocycles. The normalized spacial score (nSPS) is 10.3. The van der Waals surface area contributed by atoms with E-state index in [1.54, 1.807) is 24.3 Å². The molecule has 6 heteroatoms. The molecule has 0 unspecified atom stereocenters. The molecule has 0 aliphatic carbocycles. The Labute approximate surface area is 158 Å². The maximum Gasteiger partial charge on any atom is 0.234 e. The number of hydrogen-bond donors (Lipinski definition) is 2. The highest BCUT2D eigenvalue weighted by Gasteiger charge is 2.04. The number of thioether (sulfide) groups is 1. The van der Waals surface area contributed by atoms with Crippen LogP contribution in [0.25, 0.3) is 0 Å². The van der Waals surface area contributed by atoms with Crippen molar-refractivity contribution in [2.45, 2.75) is 20.8 Å². The maximum atomic E-state index is 12.0. The van der Waals surface area contributed by atoms with Gasteiger partial charge in [-0.3, -0.25) is 9.59 Å². The van der Waals surface area contributed by atoms with Gasteiger partial charge in [0.2, 0.25) is 11.8 Å². The Balaban J connectivity index is 1.69. The largest absolute Gasteiger partial charge is 0.493 e. The fourth-order valence-electron chi connectivity index (χ4n) is 2.47. The van der Waals surface area contributed by atoms with E-state index in [0.717, 1.165) is 11.5 Å². The van der Waals surface area contributed by atoms with Crippen molar-refractivity contribution in [3.63, 3.8) is 0 Å². The number of amides is 2. The van der Waals surface area contributed by atoms with Crippen molar-refractivity contribution in [2.24, 2.45) is 0 Å². The van der Waals surface area contributed by atoms with Crippen molar-refractivity contribution in [3.05, 3.63) is 53.6 Å². The van der Waals surface area contributed by atoms with E-state index in [4.69, 9.17) is 4.74 Å². The minimum atomic E-state index is -0.146. The van der Waals surface area contributed by atoms with E-state index in [9.17, 15) is 9.59 Å². The smallest absolute Gasteiger partial charge is 0.234 e. The van der Waals surface area contributed by atoms with E-state index in [2.05, 4.69) is 16.7 Å². The molecule has 0 radical (unpaired) electrons. The lowest BCUT2D eigenvalue weighted by Crippen LogP contribution is -2.15. The Kier molecular flexibility index (Phi) is 7.53. The molecule has 2 N–H and O–H groups in total. The van der Waals surface area contributed by atoms with Crippen LogP contribution in [0.15, 0.2) is 42.5 Å². The fourth-order valence-corrected chi connectivity index (χ4v) is 3.08. The maximum absolute atomic E-state index is 12.0. The van der Waals surface area contributed by atoms with Gasteiger partial charge in [-0.15, -0.1) is 11.8 Å². The summed E-state index contributed by atoms with van der Waals surface area (Å²) in [6, 6.07) is 13.2. The summed E-state index contributed by atoms with van der Waals surface area (Å²) >= 11 is 1.52. The molecule has 0 atom stereocenters. The van der Waals surface area contributed by atoms with Gasteiger partial charge in [0.25, 0.3) is 0 Å². The molecular formula is C20H24N2O3S. The second-order valence-electron chi connectivity index (χ2n) is 6.03. The quantitative estimate of drug-likeness (QED) is 0.687. The molecule has 2 aromatic rings. The van der Waals surface area contributed by atoms with Gasteiger partial charge in [0.15, 0.2) is 0 Å². The summed E-state index contributed by atoms with van der Waals surface area (Å²) in [6.45, 7) is 6.08. The molecule has 2 rings (SSSR count). The fraction of sp³-hybridized carbons (Fsp3) is 0.300. The second-order valence-corrected chi connectivity index (χ2v) is 7.14. The summed E-state index contributed by atoms with van der Waals surface area (Å²) in [5.74, 6) is 1.71. The zero-order valence-corrected chi connectivity index (χ0v) is 16.1. The van der Waals surface area contributed by atoms with Gasteiger partial charge in [0.1, 0.15) is 5.75 Å². The zero-order valence-electron chi connectivity index (χ0n) is 15.3. The van der Waals surface area contributed by atoms with E-state index in [-0.39, 0.29) is 11.8 Å². The van der Waals surface area contributed by atoms with Gasteiger partial charge in [-0.2, -0.15) is 0 Å². The number of benzene rings is 2. The van der Waals surface area contributed by atoms with Gasteiger partial charge in [-0.05, 0) is 55.3 Å². The summed E-state index contributed by atoms with van der Waals surface area (Å²) in [4.78, 5) is 23.1. The van der Waals surface area contributed by atoms with E-state index in [1.807, 2.05) is 26.0 Å². The molecule has 5 nitrogen and oxygen atoms in total. The van der Waals surface area contributed by atoms with Gasteiger partial charge in [0.05, 0.1) is 12.4 Å². The van der Waals surface area contributed by atoms with Gasteiger partial charge in [-0.25, -0.2) is 0 Å². The van der Waals surface area contributed by atoms with Crippen molar-refractivity contribution in [2.75, 3.05) is 28.7 Å². The molecule has 26 heavy (non-hydrogen) atoms. The number of hydrogen-bond acceptors (Lipinski definition) is 4. The predicted octanol–water partition coefficient (Wildman–Crippen LogP) is 4.01. The number of anilines is 2. The molecule has 0 heterocycles. The summed E-state index contributed by atoms with van der Waals surface area (Å²) in [5.41, 5.74) is 3.67. The number of aryl methyl sites for hydroxylation is 2. The van der Waals surface area contributed by atoms with Crippen LogP contribution in [-0.4, -0.2) is 29.9 Å².